The van der Waals surface area contributed by atoms with Crippen LogP contribution < -0.4 is 9.84 Å². The molecule has 188 valence electrons. The minimum Gasteiger partial charge on any atom is -0.467 e. The van der Waals surface area contributed by atoms with E-state index in [0.717, 1.165) is 0 Å². The van der Waals surface area contributed by atoms with Crippen LogP contribution in [0.25, 0.3) is 0 Å². The number of carbonyl (C=O) groups is 2. The summed E-state index contributed by atoms with van der Waals surface area (Å²) in [5.41, 5.74) is -1.52. The minimum absolute atomic E-state index is 0.154. The second kappa shape index (κ2) is 10.9. The van der Waals surface area contributed by atoms with E-state index in [9.17, 15) is 14.2 Å². The number of ether oxygens (including phenoxy) is 2. The summed E-state index contributed by atoms with van der Waals surface area (Å²) in [6, 6.07) is 5.58. The molecule has 1 aromatic rings. The zero-order valence-electron chi connectivity index (χ0n) is 21.3. The fourth-order valence-electron chi connectivity index (χ4n) is 2.56. The zero-order valence-corrected chi connectivity index (χ0v) is 22.2. The lowest BCUT2D eigenvalue weighted by atomic mass is 10.1. The lowest BCUT2D eigenvalue weighted by molar-refractivity contribution is -0.143. The molecule has 0 saturated carbocycles. The van der Waals surface area contributed by atoms with E-state index in [-0.39, 0.29) is 12.2 Å². The van der Waals surface area contributed by atoms with Crippen LogP contribution in [-0.2, 0) is 34.3 Å². The lowest BCUT2D eigenvalue weighted by Crippen LogP contribution is -2.45. The number of rotatable bonds is 8. The van der Waals surface area contributed by atoms with Crippen molar-refractivity contribution in [1.82, 2.24) is 5.32 Å². The largest absolute Gasteiger partial charge is 0.531 e. The Bertz CT molecular complexity index is 827. The van der Waals surface area contributed by atoms with Crippen LogP contribution in [0.15, 0.2) is 24.3 Å². The van der Waals surface area contributed by atoms with Gasteiger partial charge in [0, 0.05) is 6.42 Å². The van der Waals surface area contributed by atoms with Crippen molar-refractivity contribution in [1.29, 1.82) is 0 Å². The third-order valence-electron chi connectivity index (χ3n) is 3.53. The fourth-order valence-corrected chi connectivity index (χ4v) is 4.40. The lowest BCUT2D eigenvalue weighted by Gasteiger charge is -2.30. The van der Waals surface area contributed by atoms with E-state index < -0.39 is 42.7 Å². The van der Waals surface area contributed by atoms with E-state index in [1.165, 1.54) is 7.11 Å². The number of phosphoric acid groups is 1. The van der Waals surface area contributed by atoms with Gasteiger partial charge in [-0.1, -0.05) is 12.1 Å². The number of benzene rings is 1. The van der Waals surface area contributed by atoms with Gasteiger partial charge < -0.3 is 19.3 Å². The topological polar surface area (TPSA) is 109 Å². The van der Waals surface area contributed by atoms with Gasteiger partial charge in [-0.25, -0.2) is 14.2 Å². The van der Waals surface area contributed by atoms with Crippen LogP contribution in [0.4, 0.5) is 4.79 Å². The number of esters is 1. The van der Waals surface area contributed by atoms with Crippen LogP contribution in [0.5, 0.6) is 5.75 Å². The first-order valence-corrected chi connectivity index (χ1v) is 12.1. The van der Waals surface area contributed by atoms with Crippen molar-refractivity contribution in [3.63, 3.8) is 0 Å². The molecule has 0 aromatic heterocycles. The van der Waals surface area contributed by atoms with Crippen molar-refractivity contribution in [3.05, 3.63) is 29.8 Å². The van der Waals surface area contributed by atoms with Gasteiger partial charge in [0.1, 0.15) is 17.4 Å². The molecule has 33 heavy (non-hydrogen) atoms. The molecule has 0 aliphatic rings. The molecule has 1 rings (SSSR count). The van der Waals surface area contributed by atoms with E-state index in [4.69, 9.17) is 23.0 Å². The van der Waals surface area contributed by atoms with Crippen LogP contribution in [0.3, 0.4) is 0 Å². The summed E-state index contributed by atoms with van der Waals surface area (Å²) in [4.78, 5) is 24.2. The van der Waals surface area contributed by atoms with Gasteiger partial charge in [0.2, 0.25) is 0 Å². The average Bonchev–Trinajstić information content (AvgIpc) is 2.56. The molecule has 1 amide bonds. The smallest absolute Gasteiger partial charge is 0.467 e. The van der Waals surface area contributed by atoms with Gasteiger partial charge in [0.25, 0.3) is 0 Å². The summed E-state index contributed by atoms with van der Waals surface area (Å²) in [5, 5.41) is 2.53. The molecule has 1 aromatic carbocycles. The van der Waals surface area contributed by atoms with E-state index >= 15 is 0 Å². The molecular formula is C23H38NO8P. The molecule has 0 heterocycles. The summed E-state index contributed by atoms with van der Waals surface area (Å²) in [7, 11) is -2.69. The van der Waals surface area contributed by atoms with Gasteiger partial charge in [-0.2, -0.15) is 0 Å². The summed E-state index contributed by atoms with van der Waals surface area (Å²) in [6.07, 6.45) is -0.571. The number of methoxy groups -OCH3 is 1. The maximum absolute atomic E-state index is 13.3. The molecule has 1 atom stereocenters. The highest BCUT2D eigenvalue weighted by atomic mass is 31.2. The Morgan fingerprint density at radius 3 is 1.76 bits per heavy atom. The third kappa shape index (κ3) is 12.1. The maximum Gasteiger partial charge on any atom is 0.531 e. The molecule has 0 fully saturated rings. The molecule has 0 unspecified atom stereocenters. The van der Waals surface area contributed by atoms with Crippen molar-refractivity contribution in [2.75, 3.05) is 7.11 Å². The highest BCUT2D eigenvalue weighted by molar-refractivity contribution is 7.49. The first-order valence-electron chi connectivity index (χ1n) is 10.7. The van der Waals surface area contributed by atoms with Crippen molar-refractivity contribution < 1.29 is 37.2 Å². The first kappa shape index (κ1) is 28.9. The number of phosphoric ester groups is 1. The molecule has 10 heteroatoms. The van der Waals surface area contributed by atoms with Crippen LogP contribution in [0.1, 0.15) is 67.9 Å². The van der Waals surface area contributed by atoms with Gasteiger partial charge >= 0.3 is 19.9 Å². The SMILES string of the molecule is COC(=O)[C@H](Cc1ccc(OP(=O)(OC(C)(C)C)OC(C)(C)C)cc1)NC(=O)OC(C)(C)C. The Morgan fingerprint density at radius 1 is 0.879 bits per heavy atom. The molecule has 0 aliphatic heterocycles. The number of carbonyl (C=O) groups excluding carboxylic acids is 2. The quantitative estimate of drug-likeness (QED) is 0.383. The van der Waals surface area contributed by atoms with Crippen LogP contribution in [0.2, 0.25) is 0 Å². The summed E-state index contributed by atoms with van der Waals surface area (Å²) in [5.74, 6) is -0.340. The third-order valence-corrected chi connectivity index (χ3v) is 5.51. The number of hydrogen-bond acceptors (Lipinski definition) is 8. The average molecular weight is 488 g/mol. The van der Waals surface area contributed by atoms with E-state index in [1.54, 1.807) is 86.6 Å². The summed E-state index contributed by atoms with van der Waals surface area (Å²) in [6.45, 7) is 15.7. The van der Waals surface area contributed by atoms with Crippen LogP contribution in [-0.4, -0.2) is 42.0 Å². The maximum atomic E-state index is 13.3. The minimum atomic E-state index is -3.93. The Labute approximate surface area is 197 Å². The second-order valence-corrected chi connectivity index (χ2v) is 12.0. The molecular weight excluding hydrogens is 449 g/mol. The molecule has 0 bridgehead atoms. The van der Waals surface area contributed by atoms with Gasteiger partial charge in [-0.05, 0) is 80.0 Å². The molecule has 0 saturated heterocycles. The standard InChI is InChI=1S/C23H38NO8P/c1-21(2,3)29-20(26)24-18(19(25)28-10)15-16-11-13-17(14-12-16)30-33(27,31-22(4,5)6)32-23(7,8)9/h11-14,18H,15H2,1-10H3,(H,24,26)/t18-/m0/s1. The summed E-state index contributed by atoms with van der Waals surface area (Å²) < 4.78 is 40.1. The Balaban J connectivity index is 2.99. The predicted molar refractivity (Wildman–Crippen MR) is 125 cm³/mol. The zero-order chi connectivity index (χ0) is 25.7. The van der Waals surface area contributed by atoms with Crippen LogP contribution >= 0.6 is 7.82 Å². The monoisotopic (exact) mass is 487 g/mol. The molecule has 0 aliphatic carbocycles. The van der Waals surface area contributed by atoms with Crippen molar-refractivity contribution in [2.45, 2.75) is 91.6 Å². The Morgan fingerprint density at radius 2 is 1.36 bits per heavy atom. The number of alkyl carbamates (subject to hydrolysis) is 1. The number of amides is 1. The summed E-state index contributed by atoms with van der Waals surface area (Å²) >= 11 is 0. The fraction of sp³-hybridized carbons (Fsp3) is 0.652. The van der Waals surface area contributed by atoms with Crippen molar-refractivity contribution >= 4 is 19.9 Å². The van der Waals surface area contributed by atoms with Gasteiger partial charge in [-0.15, -0.1) is 0 Å². The van der Waals surface area contributed by atoms with Gasteiger partial charge in [-0.3, -0.25) is 9.05 Å². The molecule has 0 spiro atoms. The first-order chi connectivity index (χ1) is 14.8. The predicted octanol–water partition coefficient (Wildman–Crippen LogP) is 5.41. The van der Waals surface area contributed by atoms with Crippen molar-refractivity contribution in [3.8, 4) is 5.75 Å². The number of hydrogen-bond donors (Lipinski definition) is 1. The van der Waals surface area contributed by atoms with Gasteiger partial charge in [0.05, 0.1) is 18.3 Å². The normalized spacial score (nSPS) is 13.8. The van der Waals surface area contributed by atoms with E-state index in [1.807, 2.05) is 0 Å². The Hall–Kier alpha value is -2.09. The van der Waals surface area contributed by atoms with E-state index in [0.29, 0.717) is 5.56 Å². The highest BCUT2D eigenvalue weighted by Crippen LogP contribution is 2.55. The van der Waals surface area contributed by atoms with Gasteiger partial charge in [0.15, 0.2) is 0 Å². The Kier molecular flexibility index (Phi) is 9.55. The van der Waals surface area contributed by atoms with E-state index in [2.05, 4.69) is 5.32 Å². The molecule has 0 radical (unpaired) electrons. The molecule has 1 N–H and O–H groups in total. The van der Waals surface area contributed by atoms with Crippen molar-refractivity contribution in [2.24, 2.45) is 0 Å². The van der Waals surface area contributed by atoms with Crippen LogP contribution in [0, 0.1) is 0 Å². The second-order valence-electron chi connectivity index (χ2n) is 10.5. The number of nitrogens with one attached hydrogen (secondary N) is 1. The highest BCUT2D eigenvalue weighted by Gasteiger charge is 2.38. The molecule has 9 nitrogen and oxygen atoms in total.